The van der Waals surface area contributed by atoms with Gasteiger partial charge in [0.1, 0.15) is 0 Å². The lowest BCUT2D eigenvalue weighted by molar-refractivity contribution is -0.131. The Hall–Kier alpha value is -1.85. The topological polar surface area (TPSA) is 79.4 Å². The van der Waals surface area contributed by atoms with Gasteiger partial charge in [-0.15, -0.1) is 0 Å². The van der Waals surface area contributed by atoms with Gasteiger partial charge in [0.05, 0.1) is 23.6 Å². The predicted octanol–water partition coefficient (Wildman–Crippen LogP) is 1.46. The normalized spacial score (nSPS) is 21.9. The van der Waals surface area contributed by atoms with Crippen LogP contribution in [0.25, 0.3) is 0 Å². The van der Waals surface area contributed by atoms with Crippen LogP contribution >= 0.6 is 0 Å². The first-order chi connectivity index (χ1) is 9.26. The van der Waals surface area contributed by atoms with Crippen LogP contribution in [0, 0.1) is 0 Å². The molecule has 1 amide bonds. The second-order valence-electron chi connectivity index (χ2n) is 5.12. The van der Waals surface area contributed by atoms with Gasteiger partial charge in [-0.1, -0.05) is 12.1 Å². The molecule has 2 N–H and O–H groups in total. The summed E-state index contributed by atoms with van der Waals surface area (Å²) >= 11 is 0. The van der Waals surface area contributed by atoms with Gasteiger partial charge in [0.2, 0.25) is 6.10 Å². The summed E-state index contributed by atoms with van der Waals surface area (Å²) in [7, 11) is 0. The number of H-pyrrole nitrogens is 1. The van der Waals surface area contributed by atoms with E-state index in [9.17, 15) is 4.79 Å². The van der Waals surface area contributed by atoms with Crippen molar-refractivity contribution in [2.75, 3.05) is 0 Å². The Morgan fingerprint density at radius 2 is 2.42 bits per heavy atom. The molecule has 6 nitrogen and oxygen atoms in total. The third kappa shape index (κ3) is 2.77. The lowest BCUT2D eigenvalue weighted by Crippen LogP contribution is -2.34. The van der Waals surface area contributed by atoms with Crippen molar-refractivity contribution in [2.45, 2.75) is 51.2 Å². The van der Waals surface area contributed by atoms with E-state index in [0.29, 0.717) is 18.9 Å². The monoisotopic (exact) mass is 262 g/mol. The van der Waals surface area contributed by atoms with E-state index in [-0.39, 0.29) is 5.91 Å². The largest absolute Gasteiger partial charge is 0.382 e. The lowest BCUT2D eigenvalue weighted by Gasteiger charge is -2.08. The number of oxime groups is 1. The number of nitrogens with one attached hydrogen (secondary N) is 2. The third-order valence-corrected chi connectivity index (χ3v) is 3.53. The fourth-order valence-electron chi connectivity index (χ4n) is 2.13. The number of hydrogen-bond acceptors (Lipinski definition) is 4. The highest BCUT2D eigenvalue weighted by Crippen LogP contribution is 2.38. The minimum absolute atomic E-state index is 0.116. The van der Waals surface area contributed by atoms with Gasteiger partial charge in [-0.25, -0.2) is 0 Å². The molecule has 2 aliphatic rings. The molecule has 102 valence electrons. The summed E-state index contributed by atoms with van der Waals surface area (Å²) in [5.74, 6) is 0.508. The Kier molecular flexibility index (Phi) is 3.23. The first-order valence-electron chi connectivity index (χ1n) is 6.79. The highest BCUT2D eigenvalue weighted by molar-refractivity contribution is 5.92. The molecule has 1 saturated carbocycles. The maximum Gasteiger partial charge on any atom is 0.264 e. The van der Waals surface area contributed by atoms with Crippen LogP contribution in [0.4, 0.5) is 0 Å². The molecule has 1 aromatic heterocycles. The number of carbonyl (C=O) groups is 1. The highest BCUT2D eigenvalue weighted by atomic mass is 16.6. The zero-order valence-electron chi connectivity index (χ0n) is 11.0. The smallest absolute Gasteiger partial charge is 0.264 e. The molecule has 1 unspecified atom stereocenters. The van der Waals surface area contributed by atoms with Crippen LogP contribution in [0.5, 0.6) is 0 Å². The van der Waals surface area contributed by atoms with E-state index in [0.717, 1.165) is 23.5 Å². The number of carbonyl (C=O) groups excluding carboxylic acids is 1. The molecule has 0 bridgehead atoms. The maximum absolute atomic E-state index is 11.9. The van der Waals surface area contributed by atoms with Gasteiger partial charge in [0, 0.05) is 12.3 Å². The van der Waals surface area contributed by atoms with Gasteiger partial charge in [-0.2, -0.15) is 5.10 Å². The van der Waals surface area contributed by atoms with Crippen molar-refractivity contribution < 1.29 is 9.63 Å². The van der Waals surface area contributed by atoms with Gasteiger partial charge >= 0.3 is 0 Å². The minimum Gasteiger partial charge on any atom is -0.382 e. The van der Waals surface area contributed by atoms with Crippen LogP contribution in [-0.2, 0) is 16.2 Å². The molecule has 0 spiro atoms. The standard InChI is InChI=1S/C13H18N4O2/c1-2-9-6-12(19-17-9)13(18)14-7-10-5-11(16-15-10)8-3-4-8/h5,8,12H,2-4,6-7H2,1H3,(H,14,18)(H,15,16). The number of amides is 1. The Morgan fingerprint density at radius 3 is 3.11 bits per heavy atom. The van der Waals surface area contributed by atoms with Gasteiger partial charge in [-0.3, -0.25) is 9.89 Å². The lowest BCUT2D eigenvalue weighted by atomic mass is 10.1. The first kappa shape index (κ1) is 12.2. The molecule has 6 heteroatoms. The zero-order valence-corrected chi connectivity index (χ0v) is 11.0. The number of nitrogens with zero attached hydrogens (tertiary/aromatic N) is 2. The van der Waals surface area contributed by atoms with Crippen molar-refractivity contribution in [3.8, 4) is 0 Å². The quantitative estimate of drug-likeness (QED) is 0.843. The van der Waals surface area contributed by atoms with Gasteiger partial charge in [-0.05, 0) is 25.3 Å². The summed E-state index contributed by atoms with van der Waals surface area (Å²) in [6.45, 7) is 2.46. The molecule has 1 atom stereocenters. The number of aromatic nitrogens is 2. The van der Waals surface area contributed by atoms with Crippen molar-refractivity contribution in [3.05, 3.63) is 17.5 Å². The average Bonchev–Trinajstić information content (AvgIpc) is 2.99. The molecule has 19 heavy (non-hydrogen) atoms. The Balaban J connectivity index is 1.47. The summed E-state index contributed by atoms with van der Waals surface area (Å²) in [6.07, 6.45) is 3.40. The van der Waals surface area contributed by atoms with E-state index in [1.165, 1.54) is 12.8 Å². The molecular weight excluding hydrogens is 244 g/mol. The van der Waals surface area contributed by atoms with Crippen LogP contribution in [0.3, 0.4) is 0 Å². The van der Waals surface area contributed by atoms with Crippen molar-refractivity contribution in [2.24, 2.45) is 5.16 Å². The van der Waals surface area contributed by atoms with Gasteiger partial charge in [0.25, 0.3) is 5.91 Å². The van der Waals surface area contributed by atoms with Crippen LogP contribution in [-0.4, -0.2) is 27.9 Å². The summed E-state index contributed by atoms with van der Waals surface area (Å²) in [4.78, 5) is 17.0. The summed E-state index contributed by atoms with van der Waals surface area (Å²) < 4.78 is 0. The van der Waals surface area contributed by atoms with Crippen LogP contribution < -0.4 is 5.32 Å². The molecule has 1 fully saturated rings. The SMILES string of the molecule is CCC1=NOC(C(=O)NCc2cc(C3CC3)n[nH]2)C1. The number of aromatic amines is 1. The molecular formula is C13H18N4O2. The van der Waals surface area contributed by atoms with Crippen molar-refractivity contribution >= 4 is 11.6 Å². The number of rotatable bonds is 5. The molecule has 1 aliphatic carbocycles. The summed E-state index contributed by atoms with van der Waals surface area (Å²) in [5, 5.41) is 13.9. The molecule has 3 rings (SSSR count). The van der Waals surface area contributed by atoms with Crippen molar-refractivity contribution in [1.29, 1.82) is 0 Å². The molecule has 0 aromatic carbocycles. The Bertz CT molecular complexity index is 504. The molecule has 1 aromatic rings. The molecule has 1 aliphatic heterocycles. The second kappa shape index (κ2) is 5.03. The maximum atomic E-state index is 11.9. The van der Waals surface area contributed by atoms with Gasteiger partial charge in [0.15, 0.2) is 0 Å². The second-order valence-corrected chi connectivity index (χ2v) is 5.12. The van der Waals surface area contributed by atoms with E-state index in [1.54, 1.807) is 0 Å². The fraction of sp³-hybridized carbons (Fsp3) is 0.615. The Morgan fingerprint density at radius 1 is 1.58 bits per heavy atom. The average molecular weight is 262 g/mol. The van der Waals surface area contributed by atoms with Crippen molar-refractivity contribution in [1.82, 2.24) is 15.5 Å². The minimum atomic E-state index is -0.472. The van der Waals surface area contributed by atoms with E-state index in [1.807, 2.05) is 13.0 Å². The van der Waals surface area contributed by atoms with E-state index < -0.39 is 6.10 Å². The number of hydrogen-bond donors (Lipinski definition) is 2. The van der Waals surface area contributed by atoms with Crippen LogP contribution in [0.1, 0.15) is 49.9 Å². The molecule has 2 heterocycles. The van der Waals surface area contributed by atoms with Crippen molar-refractivity contribution in [3.63, 3.8) is 0 Å². The predicted molar refractivity (Wildman–Crippen MR) is 69.6 cm³/mol. The molecule has 0 radical (unpaired) electrons. The molecule has 0 saturated heterocycles. The van der Waals surface area contributed by atoms with E-state index >= 15 is 0 Å². The Labute approximate surface area is 111 Å². The summed E-state index contributed by atoms with van der Waals surface area (Å²) in [6, 6.07) is 2.03. The van der Waals surface area contributed by atoms with Gasteiger partial charge < -0.3 is 10.2 Å². The van der Waals surface area contributed by atoms with E-state index in [4.69, 9.17) is 4.84 Å². The van der Waals surface area contributed by atoms with Crippen LogP contribution in [0.15, 0.2) is 11.2 Å². The van der Waals surface area contributed by atoms with Crippen LogP contribution in [0.2, 0.25) is 0 Å². The van der Waals surface area contributed by atoms with E-state index in [2.05, 4.69) is 20.7 Å². The zero-order chi connectivity index (χ0) is 13.2. The first-order valence-corrected chi connectivity index (χ1v) is 6.79. The fourth-order valence-corrected chi connectivity index (χ4v) is 2.13. The summed E-state index contributed by atoms with van der Waals surface area (Å²) in [5.41, 5.74) is 2.99. The third-order valence-electron chi connectivity index (χ3n) is 3.53. The highest BCUT2D eigenvalue weighted by Gasteiger charge is 2.28.